The summed E-state index contributed by atoms with van der Waals surface area (Å²) in [6, 6.07) is 0. The summed E-state index contributed by atoms with van der Waals surface area (Å²) in [7, 11) is 0. The molecule has 0 radical (unpaired) electrons. The molecular formula is C15H32N2O2. The van der Waals surface area contributed by atoms with Crippen molar-refractivity contribution in [2.75, 3.05) is 39.3 Å². The highest BCUT2D eigenvalue weighted by Crippen LogP contribution is 2.16. The predicted molar refractivity (Wildman–Crippen MR) is 79.5 cm³/mol. The van der Waals surface area contributed by atoms with Gasteiger partial charge in [0.1, 0.15) is 0 Å². The molecule has 0 spiro atoms. The van der Waals surface area contributed by atoms with Crippen LogP contribution in [0, 0.1) is 0 Å². The van der Waals surface area contributed by atoms with Crippen molar-refractivity contribution in [3.63, 3.8) is 0 Å². The van der Waals surface area contributed by atoms with Crippen LogP contribution in [-0.4, -0.2) is 71.5 Å². The van der Waals surface area contributed by atoms with E-state index in [0.29, 0.717) is 13.2 Å². The molecule has 0 aromatic rings. The fourth-order valence-corrected chi connectivity index (χ4v) is 2.30. The molecule has 1 N–H and O–H groups in total. The lowest BCUT2D eigenvalue weighted by atomic mass is 10.0. The van der Waals surface area contributed by atoms with Gasteiger partial charge in [0.2, 0.25) is 0 Å². The van der Waals surface area contributed by atoms with Crippen molar-refractivity contribution in [2.24, 2.45) is 0 Å². The smallest absolute Gasteiger partial charge is 0.0900 e. The van der Waals surface area contributed by atoms with E-state index in [-0.39, 0.29) is 17.2 Å². The van der Waals surface area contributed by atoms with Crippen LogP contribution < -0.4 is 0 Å². The molecule has 1 aliphatic heterocycles. The number of β-amino-alcohol motifs (C(OH)–C–C–N with tert-alkyl or cyclic N) is 1. The number of aliphatic hydroxyl groups is 1. The third kappa shape index (κ3) is 6.70. The van der Waals surface area contributed by atoms with Crippen LogP contribution in [0.25, 0.3) is 0 Å². The second-order valence-corrected chi connectivity index (χ2v) is 7.54. The Morgan fingerprint density at radius 3 is 1.95 bits per heavy atom. The summed E-state index contributed by atoms with van der Waals surface area (Å²) in [5, 5.41) is 10.0. The van der Waals surface area contributed by atoms with Crippen molar-refractivity contribution in [1.82, 2.24) is 9.80 Å². The Bertz CT molecular complexity index is 260. The van der Waals surface area contributed by atoms with Crippen molar-refractivity contribution in [2.45, 2.75) is 58.8 Å². The summed E-state index contributed by atoms with van der Waals surface area (Å²) in [6.45, 7) is 18.2. The lowest BCUT2D eigenvalue weighted by Crippen LogP contribution is -2.54. The molecule has 0 aliphatic carbocycles. The van der Waals surface area contributed by atoms with E-state index in [9.17, 15) is 5.11 Å². The van der Waals surface area contributed by atoms with Gasteiger partial charge in [-0.2, -0.15) is 0 Å². The van der Waals surface area contributed by atoms with Gasteiger partial charge < -0.3 is 9.84 Å². The van der Waals surface area contributed by atoms with Gasteiger partial charge in [0.25, 0.3) is 0 Å². The molecule has 0 aromatic heterocycles. The Kier molecular flexibility index (Phi) is 5.80. The predicted octanol–water partition coefficient (Wildman–Crippen LogP) is 1.58. The molecular weight excluding hydrogens is 240 g/mol. The van der Waals surface area contributed by atoms with Crippen molar-refractivity contribution in [1.29, 1.82) is 0 Å². The third-order valence-electron chi connectivity index (χ3n) is 3.50. The number of nitrogens with zero attached hydrogens (tertiary/aromatic N) is 2. The summed E-state index contributed by atoms with van der Waals surface area (Å²) >= 11 is 0. The lowest BCUT2D eigenvalue weighted by molar-refractivity contribution is -0.0603. The van der Waals surface area contributed by atoms with E-state index in [4.69, 9.17) is 4.74 Å². The van der Waals surface area contributed by atoms with Crippen LogP contribution in [0.4, 0.5) is 0 Å². The first-order valence-electron chi connectivity index (χ1n) is 7.37. The molecule has 0 aromatic carbocycles. The van der Waals surface area contributed by atoms with Crippen LogP contribution in [0.2, 0.25) is 0 Å². The second kappa shape index (κ2) is 6.53. The van der Waals surface area contributed by atoms with Crippen LogP contribution in [0.1, 0.15) is 41.5 Å². The first-order valence-corrected chi connectivity index (χ1v) is 7.37. The molecule has 0 saturated carbocycles. The first-order chi connectivity index (χ1) is 8.58. The fourth-order valence-electron chi connectivity index (χ4n) is 2.30. The molecule has 1 saturated heterocycles. The SMILES string of the molecule is CC(C)(C)OCC(O)CN1CCN(C(C)(C)C)CC1. The monoisotopic (exact) mass is 272 g/mol. The van der Waals surface area contributed by atoms with Gasteiger partial charge in [-0.25, -0.2) is 0 Å². The summed E-state index contributed by atoms with van der Waals surface area (Å²) < 4.78 is 5.62. The van der Waals surface area contributed by atoms with Gasteiger partial charge in [-0.15, -0.1) is 0 Å². The maximum absolute atomic E-state index is 10.0. The van der Waals surface area contributed by atoms with Gasteiger partial charge in [-0.3, -0.25) is 9.80 Å². The second-order valence-electron chi connectivity index (χ2n) is 7.54. The highest BCUT2D eigenvalue weighted by molar-refractivity contribution is 4.82. The first kappa shape index (κ1) is 16.9. The molecule has 4 nitrogen and oxygen atoms in total. The molecule has 1 fully saturated rings. The lowest BCUT2D eigenvalue weighted by Gasteiger charge is -2.42. The Balaban J connectivity index is 2.25. The van der Waals surface area contributed by atoms with E-state index < -0.39 is 0 Å². The van der Waals surface area contributed by atoms with Crippen LogP contribution in [0.15, 0.2) is 0 Å². The summed E-state index contributed by atoms with van der Waals surface area (Å²) in [4.78, 5) is 4.83. The van der Waals surface area contributed by atoms with Crippen LogP contribution >= 0.6 is 0 Å². The maximum atomic E-state index is 10.0. The minimum absolute atomic E-state index is 0.175. The van der Waals surface area contributed by atoms with Crippen LogP contribution in [0.3, 0.4) is 0 Å². The number of ether oxygens (including phenoxy) is 1. The van der Waals surface area contributed by atoms with Gasteiger partial charge >= 0.3 is 0 Å². The number of aliphatic hydroxyl groups excluding tert-OH is 1. The van der Waals surface area contributed by atoms with Crippen LogP contribution in [0.5, 0.6) is 0 Å². The molecule has 1 rings (SSSR count). The molecule has 114 valence electrons. The van der Waals surface area contributed by atoms with E-state index in [1.54, 1.807) is 0 Å². The number of piperazine rings is 1. The van der Waals surface area contributed by atoms with Gasteiger partial charge in [-0.05, 0) is 41.5 Å². The number of rotatable bonds is 4. The minimum Gasteiger partial charge on any atom is -0.389 e. The average Bonchev–Trinajstić information content (AvgIpc) is 2.25. The van der Waals surface area contributed by atoms with Gasteiger partial charge in [0.15, 0.2) is 0 Å². The zero-order chi connectivity index (χ0) is 14.7. The molecule has 0 bridgehead atoms. The third-order valence-corrected chi connectivity index (χ3v) is 3.50. The molecule has 0 amide bonds. The van der Waals surface area contributed by atoms with Gasteiger partial charge in [0, 0.05) is 38.3 Å². The zero-order valence-corrected chi connectivity index (χ0v) is 13.6. The summed E-state index contributed by atoms with van der Waals surface area (Å²) in [5.74, 6) is 0. The standard InChI is InChI=1S/C15H32N2O2/c1-14(2,3)17-9-7-16(8-10-17)11-13(18)12-19-15(4,5)6/h13,18H,7-12H2,1-6H3. The van der Waals surface area contributed by atoms with Crippen LogP contribution in [-0.2, 0) is 4.74 Å². The molecule has 1 aliphatic rings. The molecule has 1 heterocycles. The maximum Gasteiger partial charge on any atom is 0.0900 e. The fraction of sp³-hybridized carbons (Fsp3) is 1.00. The zero-order valence-electron chi connectivity index (χ0n) is 13.6. The molecule has 4 heteroatoms. The highest BCUT2D eigenvalue weighted by atomic mass is 16.5. The number of hydrogen-bond acceptors (Lipinski definition) is 4. The van der Waals surface area contributed by atoms with Crippen molar-refractivity contribution < 1.29 is 9.84 Å². The minimum atomic E-state index is -0.389. The topological polar surface area (TPSA) is 35.9 Å². The normalized spacial score (nSPS) is 21.6. The van der Waals surface area contributed by atoms with Gasteiger partial charge in [-0.1, -0.05) is 0 Å². The van der Waals surface area contributed by atoms with Gasteiger partial charge in [0.05, 0.1) is 18.3 Å². The highest BCUT2D eigenvalue weighted by Gasteiger charge is 2.26. The Hall–Kier alpha value is -0.160. The molecule has 1 unspecified atom stereocenters. The van der Waals surface area contributed by atoms with Crippen molar-refractivity contribution in [3.8, 4) is 0 Å². The molecule has 19 heavy (non-hydrogen) atoms. The Morgan fingerprint density at radius 2 is 1.53 bits per heavy atom. The van der Waals surface area contributed by atoms with E-state index in [2.05, 4.69) is 30.6 Å². The van der Waals surface area contributed by atoms with E-state index in [1.165, 1.54) is 0 Å². The quantitative estimate of drug-likeness (QED) is 0.843. The van der Waals surface area contributed by atoms with E-state index in [1.807, 2.05) is 20.8 Å². The van der Waals surface area contributed by atoms with Crippen molar-refractivity contribution >= 4 is 0 Å². The average molecular weight is 272 g/mol. The Labute approximate surface area is 118 Å². The number of hydrogen-bond donors (Lipinski definition) is 1. The van der Waals surface area contributed by atoms with E-state index >= 15 is 0 Å². The van der Waals surface area contributed by atoms with E-state index in [0.717, 1.165) is 26.2 Å². The Morgan fingerprint density at radius 1 is 1.00 bits per heavy atom. The molecule has 1 atom stereocenters. The summed E-state index contributed by atoms with van der Waals surface area (Å²) in [6.07, 6.45) is -0.389. The largest absolute Gasteiger partial charge is 0.389 e. The van der Waals surface area contributed by atoms with Crippen molar-refractivity contribution in [3.05, 3.63) is 0 Å². The summed E-state index contributed by atoms with van der Waals surface area (Å²) in [5.41, 5.74) is 0.0754.